The van der Waals surface area contributed by atoms with E-state index in [0.717, 1.165) is 11.7 Å². The van der Waals surface area contributed by atoms with Crippen molar-refractivity contribution in [2.45, 2.75) is 18.6 Å². The number of aryl methyl sites for hydroxylation is 1. The lowest BCUT2D eigenvalue weighted by Crippen LogP contribution is -1.96. The Balaban J connectivity index is 2.54. The van der Waals surface area contributed by atoms with Gasteiger partial charge in [-0.1, -0.05) is 11.8 Å². The predicted octanol–water partition coefficient (Wildman–Crippen LogP) is 0.382. The molecule has 0 saturated heterocycles. The molecule has 0 bridgehead atoms. The maximum Gasteiger partial charge on any atom is 0.191 e. The summed E-state index contributed by atoms with van der Waals surface area (Å²) in [6, 6.07) is 0. The summed E-state index contributed by atoms with van der Waals surface area (Å²) in [5.74, 6) is 0.679. The normalized spacial score (nSPS) is 10.4. The molecule has 62 valence electrons. The number of aromatic nitrogens is 3. The van der Waals surface area contributed by atoms with Crippen molar-refractivity contribution in [3.8, 4) is 0 Å². The van der Waals surface area contributed by atoms with E-state index < -0.39 is 0 Å². The summed E-state index contributed by atoms with van der Waals surface area (Å²) in [6.07, 6.45) is 1.69. The molecule has 0 aliphatic heterocycles. The van der Waals surface area contributed by atoms with Gasteiger partial charge in [-0.05, 0) is 6.92 Å². The zero-order chi connectivity index (χ0) is 8.10. The van der Waals surface area contributed by atoms with Crippen LogP contribution < -0.4 is 0 Å². The second kappa shape index (κ2) is 4.35. The van der Waals surface area contributed by atoms with Crippen LogP contribution in [0.3, 0.4) is 0 Å². The van der Waals surface area contributed by atoms with Gasteiger partial charge in [-0.15, -0.1) is 10.2 Å². The molecule has 0 radical (unpaired) electrons. The van der Waals surface area contributed by atoms with E-state index in [2.05, 4.69) is 10.2 Å². The molecular formula is C6H11N3OS. The van der Waals surface area contributed by atoms with Gasteiger partial charge in [-0.2, -0.15) is 0 Å². The van der Waals surface area contributed by atoms with Crippen LogP contribution in [0.5, 0.6) is 0 Å². The number of rotatable bonds is 4. The first-order valence-corrected chi connectivity index (χ1v) is 4.48. The fraction of sp³-hybridized carbons (Fsp3) is 0.667. The van der Waals surface area contributed by atoms with Crippen LogP contribution in [0, 0.1) is 0 Å². The molecule has 0 amide bonds. The van der Waals surface area contributed by atoms with Crippen molar-refractivity contribution in [1.29, 1.82) is 0 Å². The highest BCUT2D eigenvalue weighted by molar-refractivity contribution is 7.99. The van der Waals surface area contributed by atoms with E-state index in [9.17, 15) is 0 Å². The van der Waals surface area contributed by atoms with E-state index in [1.54, 1.807) is 6.33 Å². The number of hydrogen-bond acceptors (Lipinski definition) is 4. The molecule has 5 heteroatoms. The van der Waals surface area contributed by atoms with Crippen LogP contribution in [0.1, 0.15) is 6.92 Å². The van der Waals surface area contributed by atoms with Crippen molar-refractivity contribution in [3.63, 3.8) is 0 Å². The van der Waals surface area contributed by atoms with E-state index in [0.29, 0.717) is 5.75 Å². The molecule has 0 aliphatic carbocycles. The second-order valence-corrected chi connectivity index (χ2v) is 3.03. The maximum absolute atomic E-state index is 8.55. The highest BCUT2D eigenvalue weighted by Gasteiger charge is 2.00. The summed E-state index contributed by atoms with van der Waals surface area (Å²) in [4.78, 5) is 0. The van der Waals surface area contributed by atoms with Gasteiger partial charge in [0.05, 0.1) is 6.61 Å². The Kier molecular flexibility index (Phi) is 3.38. The number of nitrogens with zero attached hydrogens (tertiary/aromatic N) is 3. The lowest BCUT2D eigenvalue weighted by atomic mass is 10.7. The molecular weight excluding hydrogens is 162 g/mol. The molecule has 1 N–H and O–H groups in total. The zero-order valence-corrected chi connectivity index (χ0v) is 7.21. The zero-order valence-electron chi connectivity index (χ0n) is 6.40. The van der Waals surface area contributed by atoms with Gasteiger partial charge in [-0.25, -0.2) is 0 Å². The van der Waals surface area contributed by atoms with E-state index in [4.69, 9.17) is 5.11 Å². The summed E-state index contributed by atoms with van der Waals surface area (Å²) in [6.45, 7) is 3.09. The highest BCUT2D eigenvalue weighted by Crippen LogP contribution is 2.12. The van der Waals surface area contributed by atoms with Gasteiger partial charge in [-0.3, -0.25) is 0 Å². The van der Waals surface area contributed by atoms with E-state index in [1.807, 2.05) is 11.5 Å². The van der Waals surface area contributed by atoms with Crippen LogP contribution in [0.25, 0.3) is 0 Å². The maximum atomic E-state index is 8.55. The Morgan fingerprint density at radius 3 is 3.18 bits per heavy atom. The van der Waals surface area contributed by atoms with Crippen molar-refractivity contribution < 1.29 is 5.11 Å². The van der Waals surface area contributed by atoms with Crippen LogP contribution in [-0.4, -0.2) is 32.2 Å². The lowest BCUT2D eigenvalue weighted by molar-refractivity contribution is 0.322. The molecule has 0 saturated carbocycles. The molecule has 1 aromatic heterocycles. The minimum absolute atomic E-state index is 0.182. The lowest BCUT2D eigenvalue weighted by Gasteiger charge is -1.99. The van der Waals surface area contributed by atoms with Gasteiger partial charge in [0.15, 0.2) is 5.16 Å². The summed E-state index contributed by atoms with van der Waals surface area (Å²) < 4.78 is 1.94. The van der Waals surface area contributed by atoms with Crippen molar-refractivity contribution in [2.75, 3.05) is 12.4 Å². The third-order valence-electron chi connectivity index (χ3n) is 1.24. The number of hydrogen-bond donors (Lipinski definition) is 1. The van der Waals surface area contributed by atoms with Gasteiger partial charge in [0.1, 0.15) is 6.33 Å². The topological polar surface area (TPSA) is 50.9 Å². The van der Waals surface area contributed by atoms with Crippen molar-refractivity contribution >= 4 is 11.8 Å². The standard InChI is InChI=1S/C6H11N3OS/c1-2-9-5-7-8-6(9)11-4-3-10/h5,10H,2-4H2,1H3. The average molecular weight is 173 g/mol. The Morgan fingerprint density at radius 2 is 2.55 bits per heavy atom. The Morgan fingerprint density at radius 1 is 1.73 bits per heavy atom. The van der Waals surface area contributed by atoms with Crippen LogP contribution in [0.4, 0.5) is 0 Å². The minimum Gasteiger partial charge on any atom is -0.396 e. The molecule has 0 atom stereocenters. The molecule has 1 aromatic rings. The van der Waals surface area contributed by atoms with Crippen molar-refractivity contribution in [1.82, 2.24) is 14.8 Å². The summed E-state index contributed by atoms with van der Waals surface area (Å²) in [7, 11) is 0. The third kappa shape index (κ3) is 2.20. The second-order valence-electron chi connectivity index (χ2n) is 1.97. The van der Waals surface area contributed by atoms with Gasteiger partial charge in [0.25, 0.3) is 0 Å². The SMILES string of the molecule is CCn1cnnc1SCCO. The highest BCUT2D eigenvalue weighted by atomic mass is 32.2. The number of aliphatic hydroxyl groups excluding tert-OH is 1. The molecule has 11 heavy (non-hydrogen) atoms. The first kappa shape index (κ1) is 8.55. The Hall–Kier alpha value is -0.550. The molecule has 4 nitrogen and oxygen atoms in total. The van der Waals surface area contributed by atoms with Crippen LogP contribution >= 0.6 is 11.8 Å². The monoisotopic (exact) mass is 173 g/mol. The summed E-state index contributed by atoms with van der Waals surface area (Å²) in [5, 5.41) is 17.1. The van der Waals surface area contributed by atoms with Crippen molar-refractivity contribution in [3.05, 3.63) is 6.33 Å². The van der Waals surface area contributed by atoms with Crippen LogP contribution in [-0.2, 0) is 6.54 Å². The predicted molar refractivity (Wildman–Crippen MR) is 43.5 cm³/mol. The Labute approximate surface area is 69.6 Å². The smallest absolute Gasteiger partial charge is 0.191 e. The molecule has 0 fully saturated rings. The molecule has 0 aliphatic rings. The molecule has 0 unspecified atom stereocenters. The van der Waals surface area contributed by atoms with Crippen molar-refractivity contribution in [2.24, 2.45) is 0 Å². The third-order valence-corrected chi connectivity index (χ3v) is 2.20. The first-order valence-electron chi connectivity index (χ1n) is 3.50. The average Bonchev–Trinajstić information content (AvgIpc) is 2.47. The molecule has 1 rings (SSSR count). The fourth-order valence-electron chi connectivity index (χ4n) is 0.710. The quantitative estimate of drug-likeness (QED) is 0.669. The van der Waals surface area contributed by atoms with Gasteiger partial charge >= 0.3 is 0 Å². The fourth-order valence-corrected chi connectivity index (χ4v) is 1.43. The van der Waals surface area contributed by atoms with Gasteiger partial charge in [0, 0.05) is 12.3 Å². The van der Waals surface area contributed by atoms with Gasteiger partial charge < -0.3 is 9.67 Å². The minimum atomic E-state index is 0.182. The van der Waals surface area contributed by atoms with E-state index >= 15 is 0 Å². The summed E-state index contributed by atoms with van der Waals surface area (Å²) >= 11 is 1.52. The molecule has 1 heterocycles. The van der Waals surface area contributed by atoms with E-state index in [-0.39, 0.29) is 6.61 Å². The molecule has 0 spiro atoms. The van der Waals surface area contributed by atoms with Crippen LogP contribution in [0.15, 0.2) is 11.5 Å². The summed E-state index contributed by atoms with van der Waals surface area (Å²) in [5.41, 5.74) is 0. The van der Waals surface area contributed by atoms with Crippen LogP contribution in [0.2, 0.25) is 0 Å². The Bertz CT molecular complexity index is 213. The van der Waals surface area contributed by atoms with E-state index in [1.165, 1.54) is 11.8 Å². The first-order chi connectivity index (χ1) is 5.38. The number of thioether (sulfide) groups is 1. The number of aliphatic hydroxyl groups is 1. The largest absolute Gasteiger partial charge is 0.396 e. The van der Waals surface area contributed by atoms with Gasteiger partial charge in [0.2, 0.25) is 0 Å². The molecule has 0 aromatic carbocycles.